The van der Waals surface area contributed by atoms with Crippen LogP contribution in [0.5, 0.6) is 0 Å². The average Bonchev–Trinajstić information content (AvgIpc) is 3.43. The second-order valence-electron chi connectivity index (χ2n) is 10.9. The fourth-order valence-electron chi connectivity index (χ4n) is 5.09. The first-order chi connectivity index (χ1) is 15.5. The van der Waals surface area contributed by atoms with Gasteiger partial charge in [0.05, 0.1) is 17.6 Å². The molecular formula is C25H31N5O3. The number of nitrogens with one attached hydrogen (secondary N) is 3. The van der Waals surface area contributed by atoms with E-state index < -0.39 is 5.60 Å². The molecule has 1 aliphatic heterocycles. The van der Waals surface area contributed by atoms with Crippen LogP contribution in [0.25, 0.3) is 22.3 Å². The average molecular weight is 450 g/mol. The molecule has 2 aliphatic rings. The molecule has 3 N–H and O–H groups in total. The number of carbonyl (C=O) groups is 2. The molecule has 174 valence electrons. The molecule has 0 saturated carbocycles. The van der Waals surface area contributed by atoms with Crippen molar-refractivity contribution in [2.75, 3.05) is 13.1 Å². The van der Waals surface area contributed by atoms with Crippen molar-refractivity contribution in [3.63, 3.8) is 0 Å². The summed E-state index contributed by atoms with van der Waals surface area (Å²) in [5.41, 5.74) is 5.49. The van der Waals surface area contributed by atoms with Crippen molar-refractivity contribution < 1.29 is 14.3 Å². The van der Waals surface area contributed by atoms with Gasteiger partial charge in [0.1, 0.15) is 5.60 Å². The normalized spacial score (nSPS) is 19.3. The van der Waals surface area contributed by atoms with Gasteiger partial charge in [0, 0.05) is 41.2 Å². The lowest BCUT2D eigenvalue weighted by atomic mass is 9.73. The number of likely N-dealkylation sites (tertiary alicyclic amines) is 1. The van der Waals surface area contributed by atoms with Crippen LogP contribution in [0, 0.1) is 0 Å². The Hall–Kier alpha value is -3.29. The smallest absolute Gasteiger partial charge is 0.410 e. The highest BCUT2D eigenvalue weighted by Gasteiger charge is 2.36. The zero-order valence-corrected chi connectivity index (χ0v) is 19.8. The highest BCUT2D eigenvalue weighted by Crippen LogP contribution is 2.45. The summed E-state index contributed by atoms with van der Waals surface area (Å²) >= 11 is 0. The van der Waals surface area contributed by atoms with Crippen molar-refractivity contribution in [2.24, 2.45) is 0 Å². The molecule has 3 aromatic rings. The van der Waals surface area contributed by atoms with Crippen molar-refractivity contribution in [3.8, 4) is 11.4 Å². The molecule has 5 rings (SSSR count). The Balaban J connectivity index is 1.36. The van der Waals surface area contributed by atoms with Gasteiger partial charge in [-0.15, -0.1) is 0 Å². The monoisotopic (exact) mass is 449 g/mol. The second kappa shape index (κ2) is 7.37. The third-order valence-electron chi connectivity index (χ3n) is 6.51. The number of H-pyrrole nitrogens is 2. The quantitative estimate of drug-likeness (QED) is 0.547. The number of aromatic amines is 2. The number of hydrogen-bond acceptors (Lipinski definition) is 4. The van der Waals surface area contributed by atoms with Gasteiger partial charge in [-0.25, -0.2) is 4.79 Å². The summed E-state index contributed by atoms with van der Waals surface area (Å²) in [6.07, 6.45) is 3.16. The van der Waals surface area contributed by atoms with Crippen LogP contribution in [0.15, 0.2) is 24.4 Å². The fraction of sp³-hybridized carbons (Fsp3) is 0.480. The summed E-state index contributed by atoms with van der Waals surface area (Å²) in [6.45, 7) is 11.0. The molecule has 8 nitrogen and oxygen atoms in total. The van der Waals surface area contributed by atoms with Crippen LogP contribution < -0.4 is 5.32 Å². The maximum atomic E-state index is 13.1. The first kappa shape index (κ1) is 21.6. The molecule has 1 fully saturated rings. The molecule has 8 heteroatoms. The number of carbonyl (C=O) groups excluding carboxylic acids is 2. The molecular weight excluding hydrogens is 418 g/mol. The van der Waals surface area contributed by atoms with Crippen LogP contribution in [0.4, 0.5) is 4.79 Å². The lowest BCUT2D eigenvalue weighted by molar-refractivity contribution is 0.0290. The van der Waals surface area contributed by atoms with E-state index in [1.165, 1.54) is 11.1 Å². The highest BCUT2D eigenvalue weighted by molar-refractivity contribution is 6.01. The van der Waals surface area contributed by atoms with Crippen molar-refractivity contribution >= 4 is 22.9 Å². The van der Waals surface area contributed by atoms with Gasteiger partial charge in [0.15, 0.2) is 0 Å². The summed E-state index contributed by atoms with van der Waals surface area (Å²) in [5, 5.41) is 11.5. The minimum atomic E-state index is -0.533. The Morgan fingerprint density at radius 1 is 1.24 bits per heavy atom. The number of hydrogen-bond donors (Lipinski definition) is 3. The van der Waals surface area contributed by atoms with Crippen LogP contribution in [0.2, 0.25) is 0 Å². The van der Waals surface area contributed by atoms with Crippen molar-refractivity contribution in [1.82, 2.24) is 25.4 Å². The molecule has 1 unspecified atom stereocenters. The van der Waals surface area contributed by atoms with E-state index in [1.54, 1.807) is 4.90 Å². The molecule has 1 saturated heterocycles. The van der Waals surface area contributed by atoms with Gasteiger partial charge in [0.25, 0.3) is 5.91 Å². The third-order valence-corrected chi connectivity index (χ3v) is 6.51. The molecule has 1 aliphatic carbocycles. The van der Waals surface area contributed by atoms with Crippen molar-refractivity contribution in [3.05, 3.63) is 41.1 Å². The lowest BCUT2D eigenvalue weighted by Crippen LogP contribution is -2.40. The van der Waals surface area contributed by atoms with E-state index in [4.69, 9.17) is 4.74 Å². The Morgan fingerprint density at radius 2 is 2.03 bits per heavy atom. The van der Waals surface area contributed by atoms with Crippen molar-refractivity contribution in [2.45, 2.75) is 64.5 Å². The van der Waals surface area contributed by atoms with Gasteiger partial charge in [0.2, 0.25) is 0 Å². The van der Waals surface area contributed by atoms with Crippen LogP contribution >= 0.6 is 0 Å². The number of rotatable bonds is 2. The highest BCUT2D eigenvalue weighted by atomic mass is 16.6. The topological polar surface area (TPSA) is 103 Å². The predicted molar refractivity (Wildman–Crippen MR) is 126 cm³/mol. The molecule has 2 amide bonds. The molecule has 0 bridgehead atoms. The van der Waals surface area contributed by atoms with Crippen LogP contribution in [-0.2, 0) is 16.6 Å². The molecule has 0 radical (unpaired) electrons. The number of aromatic nitrogens is 3. The summed E-state index contributed by atoms with van der Waals surface area (Å²) < 4.78 is 5.45. The fourth-order valence-corrected chi connectivity index (χ4v) is 5.09. The van der Waals surface area contributed by atoms with Gasteiger partial charge in [-0.3, -0.25) is 9.89 Å². The molecule has 1 atom stereocenters. The summed E-state index contributed by atoms with van der Waals surface area (Å²) in [6, 6.07) is 5.70. The Kier molecular flexibility index (Phi) is 4.81. The minimum Gasteiger partial charge on any atom is -0.444 e. The zero-order chi connectivity index (χ0) is 23.5. The van der Waals surface area contributed by atoms with Crippen LogP contribution in [0.1, 0.15) is 62.5 Å². The largest absolute Gasteiger partial charge is 0.444 e. The van der Waals surface area contributed by atoms with E-state index in [-0.39, 0.29) is 23.5 Å². The Labute approximate surface area is 193 Å². The maximum absolute atomic E-state index is 13.1. The number of nitrogens with zero attached hydrogens (tertiary/aromatic N) is 2. The van der Waals surface area contributed by atoms with Crippen molar-refractivity contribution in [1.29, 1.82) is 0 Å². The SMILES string of the molecule is CC(C)(C)OC(=O)N1CCC(NC(=O)c2ccc3[nH]c4c(c3c2)C(C)(C)Cc2cn[nH]c2-4)C1. The van der Waals surface area contributed by atoms with E-state index in [1.807, 2.05) is 45.2 Å². The molecule has 0 spiro atoms. The first-order valence-electron chi connectivity index (χ1n) is 11.5. The summed E-state index contributed by atoms with van der Waals surface area (Å²) in [7, 11) is 0. The zero-order valence-electron chi connectivity index (χ0n) is 19.8. The van der Waals surface area contributed by atoms with Gasteiger partial charge in [-0.1, -0.05) is 13.8 Å². The van der Waals surface area contributed by atoms with E-state index in [0.717, 1.165) is 28.7 Å². The molecule has 2 aromatic heterocycles. The van der Waals surface area contributed by atoms with Gasteiger partial charge in [-0.2, -0.15) is 5.10 Å². The van der Waals surface area contributed by atoms with Gasteiger partial charge >= 0.3 is 6.09 Å². The molecule has 33 heavy (non-hydrogen) atoms. The Bertz CT molecular complexity index is 1250. The number of ether oxygens (including phenoxy) is 1. The van der Waals surface area contributed by atoms with E-state index in [2.05, 4.69) is 34.3 Å². The Morgan fingerprint density at radius 3 is 2.79 bits per heavy atom. The number of benzene rings is 1. The minimum absolute atomic E-state index is 0.0844. The second-order valence-corrected chi connectivity index (χ2v) is 10.9. The number of amides is 2. The van der Waals surface area contributed by atoms with E-state index >= 15 is 0 Å². The predicted octanol–water partition coefficient (Wildman–Crippen LogP) is 4.13. The maximum Gasteiger partial charge on any atom is 0.410 e. The molecule has 1 aromatic carbocycles. The van der Waals surface area contributed by atoms with Crippen LogP contribution in [-0.4, -0.2) is 56.8 Å². The molecule has 3 heterocycles. The summed E-state index contributed by atoms with van der Waals surface area (Å²) in [4.78, 5) is 30.6. The van der Waals surface area contributed by atoms with E-state index in [9.17, 15) is 9.59 Å². The van der Waals surface area contributed by atoms with Gasteiger partial charge in [-0.05, 0) is 62.8 Å². The third kappa shape index (κ3) is 3.87. The summed E-state index contributed by atoms with van der Waals surface area (Å²) in [5.74, 6) is -0.126. The van der Waals surface area contributed by atoms with E-state index in [0.29, 0.717) is 25.1 Å². The standard InChI is InChI=1S/C25H31N5O3/c1-24(2,3)33-23(32)30-9-8-16(13-30)27-22(31)14-6-7-18-17(10-14)19-21(28-18)20-15(12-26-29-20)11-25(19,4)5/h6-7,10,12,16,28H,8-9,11,13H2,1-5H3,(H,26,29)(H,27,31). The number of fused-ring (bicyclic) bond motifs is 5. The van der Waals surface area contributed by atoms with Crippen LogP contribution in [0.3, 0.4) is 0 Å². The lowest BCUT2D eigenvalue weighted by Gasteiger charge is -2.30. The first-order valence-corrected chi connectivity index (χ1v) is 11.5. The van der Waals surface area contributed by atoms with Gasteiger partial charge < -0.3 is 19.9 Å².